The first-order valence-corrected chi connectivity index (χ1v) is 7.25. The van der Waals surface area contributed by atoms with E-state index >= 15 is 0 Å². The summed E-state index contributed by atoms with van der Waals surface area (Å²) in [5.41, 5.74) is 0.455. The van der Waals surface area contributed by atoms with Crippen LogP contribution in [0.5, 0.6) is 0 Å². The van der Waals surface area contributed by atoms with Gasteiger partial charge in [0.15, 0.2) is 0 Å². The highest BCUT2D eigenvalue weighted by Gasteiger charge is 2.03. The zero-order valence-corrected chi connectivity index (χ0v) is 10.9. The highest BCUT2D eigenvalue weighted by molar-refractivity contribution is 7.88. The Balaban J connectivity index is 2.34. The Hall–Kier alpha value is -0.690. The molecular weight excluding hydrogens is 267 g/mol. The van der Waals surface area contributed by atoms with Crippen molar-refractivity contribution in [1.29, 1.82) is 0 Å². The Morgan fingerprint density at radius 1 is 1.35 bits per heavy atom. The van der Waals surface area contributed by atoms with Gasteiger partial charge in [0, 0.05) is 30.2 Å². The average molecular weight is 281 g/mol. The lowest BCUT2D eigenvalue weighted by atomic mass is 10.2. The Morgan fingerprint density at radius 3 is 2.71 bits per heavy atom. The summed E-state index contributed by atoms with van der Waals surface area (Å²) in [5, 5.41) is 3.39. The Morgan fingerprint density at radius 2 is 2.06 bits per heavy atom. The maximum Gasteiger partial charge on any atom is 0.208 e. The molecule has 4 nitrogen and oxygen atoms in total. The van der Waals surface area contributed by atoms with Gasteiger partial charge in [-0.1, -0.05) is 11.6 Å². The van der Waals surface area contributed by atoms with E-state index in [2.05, 4.69) is 10.0 Å². The lowest BCUT2D eigenvalue weighted by molar-refractivity contribution is 0.572. The minimum atomic E-state index is -3.17. The molecule has 17 heavy (non-hydrogen) atoms. The summed E-state index contributed by atoms with van der Waals surface area (Å²) in [7, 11) is -3.17. The highest BCUT2D eigenvalue weighted by Crippen LogP contribution is 2.14. The summed E-state index contributed by atoms with van der Waals surface area (Å²) < 4.78 is 37.1. The van der Waals surface area contributed by atoms with Crippen LogP contribution in [0.15, 0.2) is 18.2 Å². The molecule has 0 fully saturated rings. The number of nitrogens with one attached hydrogen (secondary N) is 2. The second kappa shape index (κ2) is 6.30. The fourth-order valence-corrected chi connectivity index (χ4v) is 1.89. The lowest BCUT2D eigenvalue weighted by Crippen LogP contribution is -2.30. The van der Waals surface area contributed by atoms with Crippen LogP contribution in [0.25, 0.3) is 0 Å². The standard InChI is InChI=1S/C10H14ClFN2O2S/c1-17(15,16)14-5-4-13-7-8-6-9(11)2-3-10(8)12/h2-3,6,13-14H,4-5,7H2,1H3. The third-order valence-corrected chi connectivity index (χ3v) is 2.95. The Kier molecular flexibility index (Phi) is 5.32. The topological polar surface area (TPSA) is 58.2 Å². The first kappa shape index (κ1) is 14.4. The van der Waals surface area contributed by atoms with Gasteiger partial charge >= 0.3 is 0 Å². The molecule has 0 unspecified atom stereocenters. The normalized spacial score (nSPS) is 11.7. The van der Waals surface area contributed by atoms with Gasteiger partial charge in [0.1, 0.15) is 5.82 Å². The smallest absolute Gasteiger partial charge is 0.208 e. The molecule has 0 aromatic heterocycles. The molecule has 1 rings (SSSR count). The van der Waals surface area contributed by atoms with Crippen molar-refractivity contribution in [1.82, 2.24) is 10.0 Å². The molecule has 0 amide bonds. The van der Waals surface area contributed by atoms with Crippen molar-refractivity contribution in [3.8, 4) is 0 Å². The maximum atomic E-state index is 13.3. The van der Waals surface area contributed by atoms with Crippen LogP contribution >= 0.6 is 11.6 Å². The molecule has 2 N–H and O–H groups in total. The quantitative estimate of drug-likeness (QED) is 0.768. The van der Waals surface area contributed by atoms with Gasteiger partial charge < -0.3 is 5.32 Å². The van der Waals surface area contributed by atoms with Crippen LogP contribution in [-0.2, 0) is 16.6 Å². The van der Waals surface area contributed by atoms with Crippen molar-refractivity contribution in [3.05, 3.63) is 34.6 Å². The largest absolute Gasteiger partial charge is 0.311 e. The molecule has 0 saturated carbocycles. The summed E-state index contributed by atoms with van der Waals surface area (Å²) in [5.74, 6) is -0.335. The van der Waals surface area contributed by atoms with Gasteiger partial charge in [-0.15, -0.1) is 0 Å². The van der Waals surface area contributed by atoms with Crippen LogP contribution in [0.3, 0.4) is 0 Å². The van der Waals surface area contributed by atoms with E-state index < -0.39 is 10.0 Å². The van der Waals surface area contributed by atoms with E-state index in [-0.39, 0.29) is 12.4 Å². The first-order chi connectivity index (χ1) is 7.88. The number of sulfonamides is 1. The molecule has 0 heterocycles. The summed E-state index contributed by atoms with van der Waals surface area (Å²) >= 11 is 5.73. The van der Waals surface area contributed by atoms with Crippen LogP contribution in [-0.4, -0.2) is 27.8 Å². The van der Waals surface area contributed by atoms with E-state index in [0.717, 1.165) is 6.26 Å². The van der Waals surface area contributed by atoms with Crippen molar-refractivity contribution < 1.29 is 12.8 Å². The van der Waals surface area contributed by atoms with Crippen LogP contribution in [0.4, 0.5) is 4.39 Å². The minimum Gasteiger partial charge on any atom is -0.311 e. The molecule has 0 aliphatic carbocycles. The van der Waals surface area contributed by atoms with Crippen LogP contribution in [0.1, 0.15) is 5.56 Å². The molecule has 0 aliphatic heterocycles. The zero-order valence-electron chi connectivity index (χ0n) is 9.33. The summed E-state index contributed by atoms with van der Waals surface area (Å²) in [6.07, 6.45) is 1.09. The molecule has 0 radical (unpaired) electrons. The van der Waals surface area contributed by atoms with Gasteiger partial charge in [-0.05, 0) is 18.2 Å². The van der Waals surface area contributed by atoms with Gasteiger partial charge in [0.2, 0.25) is 10.0 Å². The Labute approximate surface area is 105 Å². The molecule has 7 heteroatoms. The van der Waals surface area contributed by atoms with Gasteiger partial charge in [-0.3, -0.25) is 0 Å². The van der Waals surface area contributed by atoms with E-state index in [1.165, 1.54) is 18.2 Å². The molecule has 1 aromatic rings. The van der Waals surface area contributed by atoms with Crippen molar-refractivity contribution in [2.24, 2.45) is 0 Å². The van der Waals surface area contributed by atoms with Crippen molar-refractivity contribution in [2.45, 2.75) is 6.54 Å². The Bertz CT molecular complexity index is 479. The van der Waals surface area contributed by atoms with Crippen LogP contribution in [0.2, 0.25) is 5.02 Å². The lowest BCUT2D eigenvalue weighted by Gasteiger charge is -2.06. The molecule has 0 spiro atoms. The number of hydrogen-bond acceptors (Lipinski definition) is 3. The van der Waals surface area contributed by atoms with E-state index in [1.54, 1.807) is 0 Å². The summed E-state index contributed by atoms with van der Waals surface area (Å²) in [6.45, 7) is 0.984. The molecule has 0 aliphatic rings. The van der Waals surface area contributed by atoms with E-state index in [0.29, 0.717) is 23.7 Å². The molecule has 96 valence electrons. The average Bonchev–Trinajstić information content (AvgIpc) is 2.21. The van der Waals surface area contributed by atoms with Crippen molar-refractivity contribution in [2.75, 3.05) is 19.3 Å². The number of benzene rings is 1. The second-order valence-electron chi connectivity index (χ2n) is 3.58. The number of hydrogen-bond donors (Lipinski definition) is 2. The zero-order chi connectivity index (χ0) is 12.9. The SMILES string of the molecule is CS(=O)(=O)NCCNCc1cc(Cl)ccc1F. The maximum absolute atomic E-state index is 13.3. The third kappa shape index (κ3) is 5.97. The van der Waals surface area contributed by atoms with E-state index in [9.17, 15) is 12.8 Å². The molecular formula is C10H14ClFN2O2S. The van der Waals surface area contributed by atoms with E-state index in [4.69, 9.17) is 11.6 Å². The van der Waals surface area contributed by atoms with Crippen LogP contribution in [0, 0.1) is 5.82 Å². The van der Waals surface area contributed by atoms with Crippen LogP contribution < -0.4 is 10.0 Å². The van der Waals surface area contributed by atoms with Gasteiger partial charge in [0.25, 0.3) is 0 Å². The minimum absolute atomic E-state index is 0.265. The fraction of sp³-hybridized carbons (Fsp3) is 0.400. The van der Waals surface area contributed by atoms with Gasteiger partial charge in [-0.2, -0.15) is 0 Å². The fourth-order valence-electron chi connectivity index (χ4n) is 1.23. The summed E-state index contributed by atoms with van der Waals surface area (Å²) in [6, 6.07) is 4.31. The van der Waals surface area contributed by atoms with Gasteiger partial charge in [-0.25, -0.2) is 17.5 Å². The van der Waals surface area contributed by atoms with Gasteiger partial charge in [0.05, 0.1) is 6.26 Å². The molecule has 0 bridgehead atoms. The first-order valence-electron chi connectivity index (χ1n) is 4.98. The predicted octanol–water partition coefficient (Wildman–Crippen LogP) is 1.12. The summed E-state index contributed by atoms with van der Waals surface area (Å²) in [4.78, 5) is 0. The van der Waals surface area contributed by atoms with Crippen molar-refractivity contribution in [3.63, 3.8) is 0 Å². The van der Waals surface area contributed by atoms with E-state index in [1.807, 2.05) is 0 Å². The molecule has 0 saturated heterocycles. The molecule has 0 atom stereocenters. The highest BCUT2D eigenvalue weighted by atomic mass is 35.5. The number of halogens is 2. The predicted molar refractivity (Wildman–Crippen MR) is 66.0 cm³/mol. The monoisotopic (exact) mass is 280 g/mol. The number of rotatable bonds is 6. The third-order valence-electron chi connectivity index (χ3n) is 1.99. The van der Waals surface area contributed by atoms with Crippen molar-refractivity contribution >= 4 is 21.6 Å². The molecule has 1 aromatic carbocycles. The second-order valence-corrected chi connectivity index (χ2v) is 5.85.